The van der Waals surface area contributed by atoms with E-state index >= 15 is 0 Å². The van der Waals surface area contributed by atoms with Crippen LogP contribution in [0.3, 0.4) is 0 Å². The predicted octanol–water partition coefficient (Wildman–Crippen LogP) is 3.62. The number of benzene rings is 2. The molecule has 0 spiro atoms. The maximum absolute atomic E-state index is 11.7. The van der Waals surface area contributed by atoms with Crippen molar-refractivity contribution in [1.82, 2.24) is 4.57 Å². The van der Waals surface area contributed by atoms with Crippen LogP contribution in [0, 0.1) is 0 Å². The summed E-state index contributed by atoms with van der Waals surface area (Å²) in [6.07, 6.45) is 0. The van der Waals surface area contributed by atoms with Gasteiger partial charge in [-0.05, 0) is 17.7 Å². The molecule has 0 fully saturated rings. The number of rotatable bonds is 4. The van der Waals surface area contributed by atoms with Gasteiger partial charge in [0.2, 0.25) is 0 Å². The molecule has 0 amide bonds. The highest BCUT2D eigenvalue weighted by Crippen LogP contribution is 2.35. The van der Waals surface area contributed by atoms with E-state index in [1.165, 1.54) is 0 Å². The van der Waals surface area contributed by atoms with Gasteiger partial charge in [-0.2, -0.15) is 0 Å². The number of aromatic nitrogens is 1. The van der Waals surface area contributed by atoms with E-state index in [2.05, 4.69) is 0 Å². The van der Waals surface area contributed by atoms with Crippen molar-refractivity contribution in [2.45, 2.75) is 6.54 Å². The maximum atomic E-state index is 11.7. The van der Waals surface area contributed by atoms with Gasteiger partial charge in [0.1, 0.15) is 5.69 Å². The van der Waals surface area contributed by atoms with Gasteiger partial charge in [-0.25, -0.2) is 4.79 Å². The van der Waals surface area contributed by atoms with E-state index in [1.54, 1.807) is 22.8 Å². The Kier molecular flexibility index (Phi) is 3.88. The van der Waals surface area contributed by atoms with Crippen molar-refractivity contribution in [1.29, 1.82) is 0 Å². The third-order valence-electron chi connectivity index (χ3n) is 3.63. The van der Waals surface area contributed by atoms with Gasteiger partial charge in [0.15, 0.2) is 0 Å². The van der Waals surface area contributed by atoms with Crippen molar-refractivity contribution in [3.05, 3.63) is 59.2 Å². The summed E-state index contributed by atoms with van der Waals surface area (Å²) in [5.74, 6) is -0.969. The summed E-state index contributed by atoms with van der Waals surface area (Å²) in [5, 5.41) is 11.7. The van der Waals surface area contributed by atoms with Crippen LogP contribution in [0.1, 0.15) is 10.5 Å². The number of carbonyl (C=O) groups is 1. The molecule has 0 aliphatic heterocycles. The normalized spacial score (nSPS) is 11.0. The lowest BCUT2D eigenvalue weighted by atomic mass is 10.1. The largest absolute Gasteiger partial charge is 0.477 e. The van der Waals surface area contributed by atoms with E-state index in [0.717, 1.165) is 16.6 Å². The van der Waals surface area contributed by atoms with Crippen LogP contribution in [-0.4, -0.2) is 22.2 Å². The Bertz CT molecular complexity index is 841. The maximum Gasteiger partial charge on any atom is 0.353 e. The highest BCUT2D eigenvalue weighted by atomic mass is 35.5. The van der Waals surface area contributed by atoms with Crippen molar-refractivity contribution in [2.24, 2.45) is 5.73 Å². The van der Waals surface area contributed by atoms with Gasteiger partial charge < -0.3 is 15.4 Å². The lowest BCUT2D eigenvalue weighted by Gasteiger charge is -2.10. The number of hydrogen-bond donors (Lipinski definition) is 2. The minimum atomic E-state index is -0.969. The molecule has 0 bridgehead atoms. The van der Waals surface area contributed by atoms with Gasteiger partial charge >= 0.3 is 5.97 Å². The summed E-state index contributed by atoms with van der Waals surface area (Å²) in [6, 6.07) is 14.9. The number of nitrogens with zero attached hydrogens (tertiary/aromatic N) is 1. The molecule has 1 aromatic heterocycles. The summed E-state index contributed by atoms with van der Waals surface area (Å²) < 4.78 is 1.76. The smallest absolute Gasteiger partial charge is 0.353 e. The predicted molar refractivity (Wildman–Crippen MR) is 88.4 cm³/mol. The van der Waals surface area contributed by atoms with Crippen LogP contribution in [0.15, 0.2) is 48.5 Å². The van der Waals surface area contributed by atoms with E-state index in [-0.39, 0.29) is 5.69 Å². The van der Waals surface area contributed by atoms with E-state index in [4.69, 9.17) is 17.3 Å². The number of fused-ring (bicyclic) bond motifs is 1. The van der Waals surface area contributed by atoms with Crippen molar-refractivity contribution >= 4 is 28.3 Å². The molecule has 3 aromatic rings. The van der Waals surface area contributed by atoms with E-state index < -0.39 is 5.97 Å². The first kappa shape index (κ1) is 14.6. The van der Waals surface area contributed by atoms with Gasteiger partial charge in [-0.15, -0.1) is 0 Å². The first-order chi connectivity index (χ1) is 10.6. The Hall–Kier alpha value is -2.30. The Morgan fingerprint density at radius 1 is 1.14 bits per heavy atom. The topological polar surface area (TPSA) is 68.2 Å². The van der Waals surface area contributed by atoms with Crippen LogP contribution in [0.25, 0.3) is 22.0 Å². The summed E-state index contributed by atoms with van der Waals surface area (Å²) in [6.45, 7) is 0.785. The fourth-order valence-electron chi connectivity index (χ4n) is 2.81. The minimum Gasteiger partial charge on any atom is -0.477 e. The number of carboxylic acid groups (broad SMARTS) is 1. The molecule has 0 aliphatic carbocycles. The number of halogens is 1. The SMILES string of the molecule is NCCn1c(C(=O)O)c2ccc(Cl)cc2c1-c1ccccc1. The molecule has 3 rings (SSSR count). The van der Waals surface area contributed by atoms with E-state index in [0.29, 0.717) is 23.5 Å². The molecule has 4 nitrogen and oxygen atoms in total. The van der Waals surface area contributed by atoms with Crippen molar-refractivity contribution in [3.8, 4) is 11.3 Å². The second-order valence-corrected chi connectivity index (χ2v) is 5.44. The molecule has 0 saturated carbocycles. The molecule has 5 heteroatoms. The first-order valence-electron chi connectivity index (χ1n) is 6.94. The zero-order chi connectivity index (χ0) is 15.7. The monoisotopic (exact) mass is 314 g/mol. The van der Waals surface area contributed by atoms with Gasteiger partial charge in [-0.3, -0.25) is 0 Å². The summed E-state index contributed by atoms with van der Waals surface area (Å²) in [4.78, 5) is 11.7. The van der Waals surface area contributed by atoms with E-state index in [1.807, 2.05) is 30.3 Å². The van der Waals surface area contributed by atoms with Crippen LogP contribution >= 0.6 is 11.6 Å². The zero-order valence-electron chi connectivity index (χ0n) is 11.8. The highest BCUT2D eigenvalue weighted by molar-refractivity contribution is 6.31. The lowest BCUT2D eigenvalue weighted by molar-refractivity contribution is 0.0687. The summed E-state index contributed by atoms with van der Waals surface area (Å²) in [7, 11) is 0. The highest BCUT2D eigenvalue weighted by Gasteiger charge is 2.22. The second kappa shape index (κ2) is 5.83. The van der Waals surface area contributed by atoms with Crippen molar-refractivity contribution in [3.63, 3.8) is 0 Å². The molecule has 0 saturated heterocycles. The second-order valence-electron chi connectivity index (χ2n) is 5.00. The molecule has 0 radical (unpaired) electrons. The Balaban J connectivity index is 2.44. The summed E-state index contributed by atoms with van der Waals surface area (Å²) in [5.41, 5.74) is 7.71. The quantitative estimate of drug-likeness (QED) is 0.773. The third-order valence-corrected chi connectivity index (χ3v) is 3.87. The van der Waals surface area contributed by atoms with E-state index in [9.17, 15) is 9.90 Å². The number of nitrogens with two attached hydrogens (primary N) is 1. The molecule has 1 heterocycles. The van der Waals surface area contributed by atoms with Gasteiger partial charge in [-0.1, -0.05) is 48.0 Å². The zero-order valence-corrected chi connectivity index (χ0v) is 12.5. The van der Waals surface area contributed by atoms with Crippen molar-refractivity contribution < 1.29 is 9.90 Å². The molecular weight excluding hydrogens is 300 g/mol. The van der Waals surface area contributed by atoms with Gasteiger partial charge in [0.25, 0.3) is 0 Å². The molecule has 0 unspecified atom stereocenters. The standard InChI is InChI=1S/C17H15ClN2O2/c18-12-6-7-13-14(10-12)15(11-4-2-1-3-5-11)20(9-8-19)16(13)17(21)22/h1-7,10H,8-9,19H2,(H,21,22). The molecule has 112 valence electrons. The minimum absolute atomic E-state index is 0.246. The average Bonchev–Trinajstić information content (AvgIpc) is 2.81. The fourth-order valence-corrected chi connectivity index (χ4v) is 2.98. The molecule has 0 atom stereocenters. The average molecular weight is 315 g/mol. The molecule has 3 N–H and O–H groups in total. The number of hydrogen-bond acceptors (Lipinski definition) is 2. The molecule has 0 aliphatic rings. The van der Waals surface area contributed by atoms with Crippen LogP contribution in [0.5, 0.6) is 0 Å². The van der Waals surface area contributed by atoms with Gasteiger partial charge in [0.05, 0.1) is 5.69 Å². The van der Waals surface area contributed by atoms with Crippen molar-refractivity contribution in [2.75, 3.05) is 6.54 Å². The van der Waals surface area contributed by atoms with Crippen LogP contribution in [-0.2, 0) is 6.54 Å². The molecule has 22 heavy (non-hydrogen) atoms. The third kappa shape index (κ3) is 2.36. The fraction of sp³-hybridized carbons (Fsp3) is 0.118. The van der Waals surface area contributed by atoms with Crippen LogP contribution in [0.2, 0.25) is 5.02 Å². The lowest BCUT2D eigenvalue weighted by Crippen LogP contribution is -2.16. The Morgan fingerprint density at radius 2 is 1.86 bits per heavy atom. The molecule has 2 aromatic carbocycles. The summed E-state index contributed by atoms with van der Waals surface area (Å²) >= 11 is 6.11. The van der Waals surface area contributed by atoms with Crippen LogP contribution in [0.4, 0.5) is 0 Å². The van der Waals surface area contributed by atoms with Gasteiger partial charge in [0, 0.05) is 28.9 Å². The number of carboxylic acids is 1. The Morgan fingerprint density at radius 3 is 2.50 bits per heavy atom. The Labute approximate surface area is 132 Å². The van der Waals surface area contributed by atoms with Crippen LogP contribution < -0.4 is 5.73 Å². The molecular formula is C17H15ClN2O2. The first-order valence-corrected chi connectivity index (χ1v) is 7.32. The number of aromatic carboxylic acids is 1.